The van der Waals surface area contributed by atoms with Gasteiger partial charge in [-0.3, -0.25) is 0 Å². The standard InChI is InChI=1S/C13H25N/c1-10(2)13(9-14)8-12-6-4-5-11(3)7-12/h8,10-12H,4-7,9,14H2,1-3H3. The van der Waals surface area contributed by atoms with Crippen LogP contribution in [-0.2, 0) is 0 Å². The lowest BCUT2D eigenvalue weighted by Crippen LogP contribution is -2.15. The third-order valence-electron chi connectivity index (χ3n) is 3.40. The Morgan fingerprint density at radius 1 is 1.43 bits per heavy atom. The van der Waals surface area contributed by atoms with Gasteiger partial charge in [-0.1, -0.05) is 45.3 Å². The maximum Gasteiger partial charge on any atom is 0.0139 e. The fourth-order valence-corrected chi connectivity index (χ4v) is 2.43. The van der Waals surface area contributed by atoms with Crippen molar-refractivity contribution in [3.63, 3.8) is 0 Å². The van der Waals surface area contributed by atoms with Gasteiger partial charge in [-0.15, -0.1) is 0 Å². The molecule has 1 rings (SSSR count). The van der Waals surface area contributed by atoms with Gasteiger partial charge in [-0.2, -0.15) is 0 Å². The van der Waals surface area contributed by atoms with Crippen molar-refractivity contribution in [1.82, 2.24) is 0 Å². The molecule has 1 saturated carbocycles. The average molecular weight is 195 g/mol. The average Bonchev–Trinajstić information content (AvgIpc) is 2.14. The van der Waals surface area contributed by atoms with Gasteiger partial charge in [-0.05, 0) is 30.6 Å². The van der Waals surface area contributed by atoms with Crippen molar-refractivity contribution < 1.29 is 0 Å². The topological polar surface area (TPSA) is 26.0 Å². The maximum absolute atomic E-state index is 5.76. The molecule has 2 unspecified atom stereocenters. The zero-order valence-electron chi connectivity index (χ0n) is 9.92. The third-order valence-corrected chi connectivity index (χ3v) is 3.40. The van der Waals surface area contributed by atoms with Crippen LogP contribution < -0.4 is 5.73 Å². The number of allylic oxidation sites excluding steroid dienone is 1. The van der Waals surface area contributed by atoms with E-state index in [9.17, 15) is 0 Å². The SMILES string of the molecule is CC1CCCC(C=C(CN)C(C)C)C1. The second-order valence-electron chi connectivity index (χ2n) is 5.13. The van der Waals surface area contributed by atoms with E-state index in [4.69, 9.17) is 5.73 Å². The fraction of sp³-hybridized carbons (Fsp3) is 0.846. The summed E-state index contributed by atoms with van der Waals surface area (Å²) in [5.41, 5.74) is 7.21. The van der Waals surface area contributed by atoms with Gasteiger partial charge in [0.25, 0.3) is 0 Å². The predicted molar refractivity (Wildman–Crippen MR) is 63.1 cm³/mol. The minimum Gasteiger partial charge on any atom is -0.327 e. The van der Waals surface area contributed by atoms with Crippen molar-refractivity contribution in [3.8, 4) is 0 Å². The van der Waals surface area contributed by atoms with Crippen LogP contribution in [0, 0.1) is 17.8 Å². The van der Waals surface area contributed by atoms with E-state index in [0.717, 1.165) is 18.4 Å². The minimum atomic E-state index is 0.622. The molecule has 0 saturated heterocycles. The molecule has 82 valence electrons. The number of hydrogen-bond acceptors (Lipinski definition) is 1. The molecule has 0 aliphatic heterocycles. The van der Waals surface area contributed by atoms with Crippen LogP contribution in [0.15, 0.2) is 11.6 Å². The number of nitrogens with two attached hydrogens (primary N) is 1. The van der Waals surface area contributed by atoms with Gasteiger partial charge in [0.1, 0.15) is 0 Å². The second kappa shape index (κ2) is 5.55. The quantitative estimate of drug-likeness (QED) is 0.687. The summed E-state index contributed by atoms with van der Waals surface area (Å²) >= 11 is 0. The number of rotatable bonds is 3. The predicted octanol–water partition coefficient (Wildman–Crippen LogP) is 3.35. The Morgan fingerprint density at radius 2 is 2.14 bits per heavy atom. The molecule has 14 heavy (non-hydrogen) atoms. The van der Waals surface area contributed by atoms with Crippen LogP contribution in [0.2, 0.25) is 0 Å². The van der Waals surface area contributed by atoms with Crippen molar-refractivity contribution in [2.24, 2.45) is 23.5 Å². The van der Waals surface area contributed by atoms with Gasteiger partial charge in [0.05, 0.1) is 0 Å². The summed E-state index contributed by atoms with van der Waals surface area (Å²) in [5.74, 6) is 2.34. The first-order valence-electron chi connectivity index (χ1n) is 6.04. The molecular weight excluding hydrogens is 170 g/mol. The Morgan fingerprint density at radius 3 is 2.64 bits per heavy atom. The highest BCUT2D eigenvalue weighted by atomic mass is 14.5. The Labute approximate surface area is 88.8 Å². The number of hydrogen-bond donors (Lipinski definition) is 1. The molecule has 1 aliphatic rings. The molecule has 0 aromatic rings. The van der Waals surface area contributed by atoms with Crippen molar-refractivity contribution in [2.45, 2.75) is 46.5 Å². The molecule has 0 amide bonds. The lowest BCUT2D eigenvalue weighted by molar-refractivity contribution is 0.323. The van der Waals surface area contributed by atoms with Gasteiger partial charge >= 0.3 is 0 Å². The molecule has 0 radical (unpaired) electrons. The van der Waals surface area contributed by atoms with Crippen LogP contribution in [0.1, 0.15) is 46.5 Å². The van der Waals surface area contributed by atoms with Gasteiger partial charge in [0.15, 0.2) is 0 Å². The minimum absolute atomic E-state index is 0.622. The van der Waals surface area contributed by atoms with E-state index in [1.165, 1.54) is 31.3 Å². The van der Waals surface area contributed by atoms with Gasteiger partial charge in [0.2, 0.25) is 0 Å². The monoisotopic (exact) mass is 195 g/mol. The summed E-state index contributed by atoms with van der Waals surface area (Å²) in [4.78, 5) is 0. The fourth-order valence-electron chi connectivity index (χ4n) is 2.43. The van der Waals surface area contributed by atoms with Gasteiger partial charge in [0, 0.05) is 6.54 Å². The first-order valence-corrected chi connectivity index (χ1v) is 6.04. The van der Waals surface area contributed by atoms with Crippen molar-refractivity contribution >= 4 is 0 Å². The zero-order chi connectivity index (χ0) is 10.6. The summed E-state index contributed by atoms with van der Waals surface area (Å²) in [5, 5.41) is 0. The normalized spacial score (nSPS) is 29.6. The lowest BCUT2D eigenvalue weighted by Gasteiger charge is -2.25. The van der Waals surface area contributed by atoms with Gasteiger partial charge < -0.3 is 5.73 Å². The van der Waals surface area contributed by atoms with Crippen LogP contribution >= 0.6 is 0 Å². The lowest BCUT2D eigenvalue weighted by atomic mass is 9.81. The van der Waals surface area contributed by atoms with E-state index in [-0.39, 0.29) is 0 Å². The second-order valence-corrected chi connectivity index (χ2v) is 5.13. The van der Waals surface area contributed by atoms with Crippen LogP contribution in [0.3, 0.4) is 0 Å². The molecule has 0 spiro atoms. The summed E-state index contributed by atoms with van der Waals surface area (Å²) in [7, 11) is 0. The van der Waals surface area contributed by atoms with Crippen LogP contribution in [-0.4, -0.2) is 6.54 Å². The summed E-state index contributed by atoms with van der Waals surface area (Å²) in [6.07, 6.45) is 8.03. The Hall–Kier alpha value is -0.300. The Kier molecular flexibility index (Phi) is 4.67. The molecule has 2 N–H and O–H groups in total. The Balaban J connectivity index is 2.55. The summed E-state index contributed by atoms with van der Waals surface area (Å²) in [6.45, 7) is 7.59. The van der Waals surface area contributed by atoms with Crippen molar-refractivity contribution in [2.75, 3.05) is 6.54 Å². The van der Waals surface area contributed by atoms with Crippen LogP contribution in [0.4, 0.5) is 0 Å². The highest BCUT2D eigenvalue weighted by Gasteiger charge is 2.17. The molecule has 1 nitrogen and oxygen atoms in total. The molecule has 0 heterocycles. The van der Waals surface area contributed by atoms with E-state index < -0.39 is 0 Å². The van der Waals surface area contributed by atoms with Crippen LogP contribution in [0.25, 0.3) is 0 Å². The smallest absolute Gasteiger partial charge is 0.0139 e. The first kappa shape index (κ1) is 11.8. The highest BCUT2D eigenvalue weighted by Crippen LogP contribution is 2.30. The molecule has 1 fully saturated rings. The third kappa shape index (κ3) is 3.45. The molecule has 1 aliphatic carbocycles. The van der Waals surface area contributed by atoms with Gasteiger partial charge in [-0.25, -0.2) is 0 Å². The molecule has 0 aromatic carbocycles. The molecule has 2 atom stereocenters. The molecule has 0 bridgehead atoms. The van der Waals surface area contributed by atoms with Crippen molar-refractivity contribution in [1.29, 1.82) is 0 Å². The van der Waals surface area contributed by atoms with Crippen LogP contribution in [0.5, 0.6) is 0 Å². The first-order chi connectivity index (χ1) is 6.63. The van der Waals surface area contributed by atoms with Crippen molar-refractivity contribution in [3.05, 3.63) is 11.6 Å². The molecule has 1 heteroatoms. The maximum atomic E-state index is 5.76. The molecule has 0 aromatic heterocycles. The van der Waals surface area contributed by atoms with E-state index in [1.807, 2.05) is 0 Å². The van der Waals surface area contributed by atoms with E-state index in [0.29, 0.717) is 5.92 Å². The summed E-state index contributed by atoms with van der Waals surface area (Å²) in [6, 6.07) is 0. The summed E-state index contributed by atoms with van der Waals surface area (Å²) < 4.78 is 0. The van der Waals surface area contributed by atoms with E-state index in [2.05, 4.69) is 26.8 Å². The highest BCUT2D eigenvalue weighted by molar-refractivity contribution is 5.09. The Bertz CT molecular complexity index is 193. The molecular formula is C13H25N. The largest absolute Gasteiger partial charge is 0.327 e. The van der Waals surface area contributed by atoms with E-state index in [1.54, 1.807) is 0 Å². The zero-order valence-corrected chi connectivity index (χ0v) is 9.92. The van der Waals surface area contributed by atoms with E-state index >= 15 is 0 Å².